The van der Waals surface area contributed by atoms with Gasteiger partial charge in [0.15, 0.2) is 5.96 Å². The van der Waals surface area contributed by atoms with Gasteiger partial charge in [0.25, 0.3) is 0 Å². The van der Waals surface area contributed by atoms with Crippen molar-refractivity contribution < 1.29 is 0 Å². The van der Waals surface area contributed by atoms with Crippen molar-refractivity contribution in [1.82, 2.24) is 10.6 Å². The highest BCUT2D eigenvalue weighted by Crippen LogP contribution is 2.00. The number of aliphatic imine (C=N–C) groups is 1. The Morgan fingerprint density at radius 1 is 0.591 bits per heavy atom. The van der Waals surface area contributed by atoms with E-state index in [9.17, 15) is 0 Å². The normalized spacial score (nSPS) is 10.5. The van der Waals surface area contributed by atoms with Crippen LogP contribution in [0.3, 0.4) is 0 Å². The third kappa shape index (κ3) is 15.7. The first-order valence-electron chi connectivity index (χ1n) is 9.87. The molecule has 3 heteroatoms. The molecule has 0 spiro atoms. The number of nitrogens with one attached hydrogen (secondary N) is 2. The molecule has 3 nitrogen and oxygen atoms in total. The van der Waals surface area contributed by atoms with Crippen molar-refractivity contribution in [3.63, 3.8) is 0 Å². The zero-order chi connectivity index (χ0) is 16.3. The maximum absolute atomic E-state index is 4.73. The zero-order valence-corrected chi connectivity index (χ0v) is 15.6. The first-order valence-corrected chi connectivity index (χ1v) is 9.87. The summed E-state index contributed by atoms with van der Waals surface area (Å²) in [6.45, 7) is 9.83. The number of guanidine groups is 1. The standard InChI is InChI=1S/C19H41N3/c1-4-7-10-13-16-20-19(21-17-14-11-8-5-2)22-18-15-12-9-6-3/h4-18H2,1-3H3,(H2,20,21,22). The maximum atomic E-state index is 4.73. The molecule has 0 amide bonds. The predicted octanol–water partition coefficient (Wildman–Crippen LogP) is 5.26. The van der Waals surface area contributed by atoms with Gasteiger partial charge in [0.1, 0.15) is 0 Å². The van der Waals surface area contributed by atoms with E-state index in [4.69, 9.17) is 4.99 Å². The molecule has 0 rings (SSSR count). The van der Waals surface area contributed by atoms with Crippen molar-refractivity contribution in [3.05, 3.63) is 0 Å². The molecule has 0 radical (unpaired) electrons. The molecule has 0 aliphatic heterocycles. The quantitative estimate of drug-likeness (QED) is 0.246. The summed E-state index contributed by atoms with van der Waals surface area (Å²) in [7, 11) is 0. The second-order valence-corrected chi connectivity index (χ2v) is 6.27. The van der Waals surface area contributed by atoms with Crippen molar-refractivity contribution in [3.8, 4) is 0 Å². The van der Waals surface area contributed by atoms with Crippen molar-refractivity contribution in [2.45, 2.75) is 97.8 Å². The molecule has 0 atom stereocenters. The van der Waals surface area contributed by atoms with Crippen LogP contribution in [0.2, 0.25) is 0 Å². The van der Waals surface area contributed by atoms with Crippen molar-refractivity contribution in [1.29, 1.82) is 0 Å². The first-order chi connectivity index (χ1) is 10.8. The number of unbranched alkanes of at least 4 members (excludes halogenated alkanes) is 9. The fraction of sp³-hybridized carbons (Fsp3) is 0.947. The van der Waals surface area contributed by atoms with Crippen LogP contribution in [0.25, 0.3) is 0 Å². The van der Waals surface area contributed by atoms with Gasteiger partial charge in [-0.05, 0) is 19.3 Å². The molecule has 0 aliphatic carbocycles. The molecule has 2 N–H and O–H groups in total. The van der Waals surface area contributed by atoms with Crippen LogP contribution in [-0.4, -0.2) is 25.6 Å². The molecule has 0 aromatic heterocycles. The Morgan fingerprint density at radius 2 is 1.05 bits per heavy atom. The average Bonchev–Trinajstić information content (AvgIpc) is 2.53. The van der Waals surface area contributed by atoms with E-state index >= 15 is 0 Å². The Labute approximate surface area is 139 Å². The number of nitrogens with zero attached hydrogens (tertiary/aromatic N) is 1. The topological polar surface area (TPSA) is 36.4 Å². The lowest BCUT2D eigenvalue weighted by molar-refractivity contribution is 0.626. The van der Waals surface area contributed by atoms with E-state index in [2.05, 4.69) is 31.4 Å². The van der Waals surface area contributed by atoms with Crippen LogP contribution in [0.5, 0.6) is 0 Å². The van der Waals surface area contributed by atoms with Gasteiger partial charge in [-0.25, -0.2) is 0 Å². The minimum atomic E-state index is 0.958. The van der Waals surface area contributed by atoms with E-state index in [0.717, 1.165) is 25.6 Å². The van der Waals surface area contributed by atoms with Crippen LogP contribution >= 0.6 is 0 Å². The van der Waals surface area contributed by atoms with Crippen molar-refractivity contribution in [2.75, 3.05) is 19.6 Å². The Balaban J connectivity index is 3.88. The molecule has 0 unspecified atom stereocenters. The van der Waals surface area contributed by atoms with Gasteiger partial charge >= 0.3 is 0 Å². The van der Waals surface area contributed by atoms with Crippen LogP contribution in [0.15, 0.2) is 4.99 Å². The summed E-state index contributed by atoms with van der Waals surface area (Å²) in [6, 6.07) is 0. The van der Waals surface area contributed by atoms with Crippen LogP contribution in [0, 0.1) is 0 Å². The summed E-state index contributed by atoms with van der Waals surface area (Å²) in [4.78, 5) is 4.73. The molecule has 22 heavy (non-hydrogen) atoms. The average molecular weight is 312 g/mol. The van der Waals surface area contributed by atoms with Gasteiger partial charge in [0.2, 0.25) is 0 Å². The van der Waals surface area contributed by atoms with Gasteiger partial charge in [-0.2, -0.15) is 0 Å². The molecule has 0 saturated heterocycles. The molecule has 0 saturated carbocycles. The van der Waals surface area contributed by atoms with Crippen molar-refractivity contribution in [2.24, 2.45) is 4.99 Å². The molecule has 0 heterocycles. The summed E-state index contributed by atoms with van der Waals surface area (Å²) in [6.07, 6.45) is 15.6. The van der Waals surface area contributed by atoms with E-state index in [1.165, 1.54) is 77.0 Å². The molecule has 0 fully saturated rings. The number of rotatable bonds is 15. The zero-order valence-electron chi connectivity index (χ0n) is 15.6. The molecular weight excluding hydrogens is 270 g/mol. The van der Waals surface area contributed by atoms with Gasteiger partial charge < -0.3 is 10.6 Å². The Hall–Kier alpha value is -0.730. The summed E-state index contributed by atoms with van der Waals surface area (Å²) in [5.41, 5.74) is 0. The molecular formula is C19H41N3. The minimum Gasteiger partial charge on any atom is -0.356 e. The summed E-state index contributed by atoms with van der Waals surface area (Å²) < 4.78 is 0. The van der Waals surface area contributed by atoms with E-state index in [1.807, 2.05) is 0 Å². The predicted molar refractivity (Wildman–Crippen MR) is 101 cm³/mol. The lowest BCUT2D eigenvalue weighted by Gasteiger charge is -2.12. The Bertz CT molecular complexity index is 223. The van der Waals surface area contributed by atoms with Crippen LogP contribution in [0.1, 0.15) is 97.8 Å². The fourth-order valence-corrected chi connectivity index (χ4v) is 2.42. The van der Waals surface area contributed by atoms with Crippen LogP contribution in [-0.2, 0) is 0 Å². The molecule has 0 bridgehead atoms. The van der Waals surface area contributed by atoms with Gasteiger partial charge in [0, 0.05) is 19.6 Å². The second-order valence-electron chi connectivity index (χ2n) is 6.27. The highest BCUT2D eigenvalue weighted by Gasteiger charge is 1.98. The van der Waals surface area contributed by atoms with Gasteiger partial charge in [-0.15, -0.1) is 0 Å². The monoisotopic (exact) mass is 311 g/mol. The highest BCUT2D eigenvalue weighted by atomic mass is 15.2. The van der Waals surface area contributed by atoms with E-state index in [0.29, 0.717) is 0 Å². The third-order valence-electron chi connectivity index (χ3n) is 3.93. The van der Waals surface area contributed by atoms with Crippen molar-refractivity contribution >= 4 is 5.96 Å². The summed E-state index contributed by atoms with van der Waals surface area (Å²) in [5, 5.41) is 7.00. The van der Waals surface area contributed by atoms with E-state index in [-0.39, 0.29) is 0 Å². The number of hydrogen-bond acceptors (Lipinski definition) is 1. The number of hydrogen-bond donors (Lipinski definition) is 2. The minimum absolute atomic E-state index is 0.958. The van der Waals surface area contributed by atoms with Gasteiger partial charge in [0.05, 0.1) is 0 Å². The highest BCUT2D eigenvalue weighted by molar-refractivity contribution is 5.79. The smallest absolute Gasteiger partial charge is 0.191 e. The maximum Gasteiger partial charge on any atom is 0.191 e. The second kappa shape index (κ2) is 18.3. The third-order valence-corrected chi connectivity index (χ3v) is 3.93. The Kier molecular flexibility index (Phi) is 17.7. The van der Waals surface area contributed by atoms with E-state index < -0.39 is 0 Å². The SMILES string of the molecule is CCCCCCN=C(NCCCCCC)NCCCCCC. The van der Waals surface area contributed by atoms with Crippen LogP contribution in [0.4, 0.5) is 0 Å². The van der Waals surface area contributed by atoms with E-state index in [1.54, 1.807) is 0 Å². The summed E-state index contributed by atoms with van der Waals surface area (Å²) in [5.74, 6) is 1.03. The van der Waals surface area contributed by atoms with Gasteiger partial charge in [-0.3, -0.25) is 4.99 Å². The Morgan fingerprint density at radius 3 is 1.50 bits per heavy atom. The summed E-state index contributed by atoms with van der Waals surface area (Å²) >= 11 is 0. The van der Waals surface area contributed by atoms with Crippen LogP contribution < -0.4 is 10.6 Å². The fourth-order valence-electron chi connectivity index (χ4n) is 2.42. The molecule has 0 aromatic rings. The lowest BCUT2D eigenvalue weighted by Crippen LogP contribution is -2.38. The van der Waals surface area contributed by atoms with Gasteiger partial charge in [-0.1, -0.05) is 78.6 Å². The molecule has 0 aliphatic rings. The molecule has 132 valence electrons. The largest absolute Gasteiger partial charge is 0.356 e. The first kappa shape index (κ1) is 21.3. The molecule has 0 aromatic carbocycles. The lowest BCUT2D eigenvalue weighted by atomic mass is 10.2.